The van der Waals surface area contributed by atoms with E-state index in [0.29, 0.717) is 12.5 Å². The Balaban J connectivity index is 1.99. The first-order valence-corrected chi connectivity index (χ1v) is 6.25. The quantitative estimate of drug-likeness (QED) is 0.857. The lowest BCUT2D eigenvalue weighted by Crippen LogP contribution is -2.31. The zero-order valence-electron chi connectivity index (χ0n) is 10.3. The minimum absolute atomic E-state index is 0.128. The van der Waals surface area contributed by atoms with E-state index >= 15 is 0 Å². The van der Waals surface area contributed by atoms with Crippen molar-refractivity contribution in [3.63, 3.8) is 0 Å². The van der Waals surface area contributed by atoms with Crippen LogP contribution in [0.5, 0.6) is 0 Å². The minimum Gasteiger partial charge on any atom is -0.338 e. The van der Waals surface area contributed by atoms with Gasteiger partial charge in [-0.15, -0.1) is 0 Å². The number of hydrogen-bond donors (Lipinski definition) is 1. The third kappa shape index (κ3) is 2.67. The second-order valence-corrected chi connectivity index (χ2v) is 4.85. The molecule has 1 aromatic rings. The summed E-state index contributed by atoms with van der Waals surface area (Å²) in [4.78, 5) is 14.1. The first-order valence-electron chi connectivity index (χ1n) is 6.25. The molecule has 1 heterocycles. The van der Waals surface area contributed by atoms with Gasteiger partial charge in [0.1, 0.15) is 0 Å². The molecule has 92 valence electrons. The zero-order valence-corrected chi connectivity index (χ0v) is 10.3. The van der Waals surface area contributed by atoms with Crippen molar-refractivity contribution in [2.24, 2.45) is 17.6 Å². The van der Waals surface area contributed by atoms with Crippen molar-refractivity contribution in [2.45, 2.75) is 19.9 Å². The lowest BCUT2D eigenvalue weighted by atomic mass is 9.93. The van der Waals surface area contributed by atoms with Gasteiger partial charge in [-0.05, 0) is 24.4 Å². The largest absolute Gasteiger partial charge is 0.338 e. The second-order valence-electron chi connectivity index (χ2n) is 4.85. The highest BCUT2D eigenvalue weighted by molar-refractivity contribution is 5.81. The summed E-state index contributed by atoms with van der Waals surface area (Å²) in [5, 5.41) is 0. The Hall–Kier alpha value is -1.35. The number of likely N-dealkylation sites (tertiary alicyclic amines) is 1. The Bertz CT molecular complexity index is 377. The number of carbonyl (C=O) groups is 1. The average molecular weight is 232 g/mol. The summed E-state index contributed by atoms with van der Waals surface area (Å²) in [6.07, 6.45) is 0.948. The fourth-order valence-corrected chi connectivity index (χ4v) is 2.42. The fourth-order valence-electron chi connectivity index (χ4n) is 2.42. The average Bonchev–Trinajstić information content (AvgIpc) is 2.72. The summed E-state index contributed by atoms with van der Waals surface area (Å²) < 4.78 is 0. The molecule has 3 heteroatoms. The number of rotatable bonds is 4. The molecule has 1 saturated heterocycles. The molecular formula is C14H20N2O. The molecule has 1 amide bonds. The van der Waals surface area contributed by atoms with E-state index in [1.165, 1.54) is 5.56 Å². The van der Waals surface area contributed by atoms with Crippen LogP contribution in [0.1, 0.15) is 18.9 Å². The molecule has 3 nitrogen and oxygen atoms in total. The van der Waals surface area contributed by atoms with E-state index in [-0.39, 0.29) is 11.8 Å². The van der Waals surface area contributed by atoms with Crippen molar-refractivity contribution in [3.05, 3.63) is 35.9 Å². The standard InChI is InChI=1S/C14H20N2O/c1-11(9-15)13-7-8-16(14(13)17)10-12-5-3-2-4-6-12/h2-6,11,13H,7-10,15H2,1H3. The van der Waals surface area contributed by atoms with Crippen LogP contribution in [0, 0.1) is 11.8 Å². The number of hydrogen-bond acceptors (Lipinski definition) is 2. The third-order valence-electron chi connectivity index (χ3n) is 3.61. The van der Waals surface area contributed by atoms with Crippen molar-refractivity contribution in [2.75, 3.05) is 13.1 Å². The van der Waals surface area contributed by atoms with Gasteiger partial charge in [-0.3, -0.25) is 4.79 Å². The number of carbonyl (C=O) groups excluding carboxylic acids is 1. The molecule has 2 N–H and O–H groups in total. The molecule has 2 unspecified atom stereocenters. The molecule has 0 aliphatic carbocycles. The monoisotopic (exact) mass is 232 g/mol. The van der Waals surface area contributed by atoms with Gasteiger partial charge in [0.25, 0.3) is 0 Å². The van der Waals surface area contributed by atoms with Crippen LogP contribution < -0.4 is 5.73 Å². The maximum absolute atomic E-state index is 12.2. The van der Waals surface area contributed by atoms with Crippen molar-refractivity contribution >= 4 is 5.91 Å². The molecule has 2 atom stereocenters. The maximum atomic E-state index is 12.2. The normalized spacial score (nSPS) is 21.9. The van der Waals surface area contributed by atoms with Crippen LogP contribution in [-0.2, 0) is 11.3 Å². The van der Waals surface area contributed by atoms with Crippen molar-refractivity contribution in [1.82, 2.24) is 4.90 Å². The van der Waals surface area contributed by atoms with Crippen LogP contribution in [0.4, 0.5) is 0 Å². The van der Waals surface area contributed by atoms with Crippen LogP contribution in [0.15, 0.2) is 30.3 Å². The Kier molecular flexibility index (Phi) is 3.79. The van der Waals surface area contributed by atoms with Gasteiger partial charge in [-0.1, -0.05) is 37.3 Å². The van der Waals surface area contributed by atoms with Gasteiger partial charge >= 0.3 is 0 Å². The van der Waals surface area contributed by atoms with E-state index in [0.717, 1.165) is 19.5 Å². The number of benzene rings is 1. The first kappa shape index (κ1) is 12.1. The minimum atomic E-state index is 0.128. The molecule has 1 aromatic carbocycles. The summed E-state index contributed by atoms with van der Waals surface area (Å²) >= 11 is 0. The Morgan fingerprint density at radius 2 is 2.12 bits per heavy atom. The Labute approximate surface area is 103 Å². The topological polar surface area (TPSA) is 46.3 Å². The molecule has 0 spiro atoms. The molecular weight excluding hydrogens is 212 g/mol. The van der Waals surface area contributed by atoms with Crippen molar-refractivity contribution in [3.8, 4) is 0 Å². The van der Waals surface area contributed by atoms with Gasteiger partial charge in [0, 0.05) is 19.0 Å². The summed E-state index contributed by atoms with van der Waals surface area (Å²) in [6, 6.07) is 10.1. The van der Waals surface area contributed by atoms with Crippen molar-refractivity contribution < 1.29 is 4.79 Å². The van der Waals surface area contributed by atoms with E-state index in [1.807, 2.05) is 23.1 Å². The first-order chi connectivity index (χ1) is 8.22. The number of nitrogens with two attached hydrogens (primary N) is 1. The van der Waals surface area contributed by atoms with E-state index in [2.05, 4.69) is 19.1 Å². The second kappa shape index (κ2) is 5.32. The van der Waals surface area contributed by atoms with E-state index in [1.54, 1.807) is 0 Å². The van der Waals surface area contributed by atoms with E-state index in [9.17, 15) is 4.79 Å². The van der Waals surface area contributed by atoms with Crippen LogP contribution >= 0.6 is 0 Å². The predicted molar refractivity (Wildman–Crippen MR) is 68.2 cm³/mol. The third-order valence-corrected chi connectivity index (χ3v) is 3.61. The summed E-state index contributed by atoms with van der Waals surface area (Å²) in [7, 11) is 0. The van der Waals surface area contributed by atoms with Gasteiger partial charge in [0.05, 0.1) is 0 Å². The van der Waals surface area contributed by atoms with Gasteiger partial charge in [-0.2, -0.15) is 0 Å². The highest BCUT2D eigenvalue weighted by Crippen LogP contribution is 2.26. The van der Waals surface area contributed by atoms with E-state index < -0.39 is 0 Å². The van der Waals surface area contributed by atoms with E-state index in [4.69, 9.17) is 5.73 Å². The van der Waals surface area contributed by atoms with Gasteiger partial charge in [0.15, 0.2) is 0 Å². The lowest BCUT2D eigenvalue weighted by Gasteiger charge is -2.19. The SMILES string of the molecule is CC(CN)C1CCN(Cc2ccccc2)C1=O. The summed E-state index contributed by atoms with van der Waals surface area (Å²) in [5.74, 6) is 0.693. The van der Waals surface area contributed by atoms with Gasteiger partial charge in [0.2, 0.25) is 5.91 Å². The van der Waals surface area contributed by atoms with Gasteiger partial charge in [-0.25, -0.2) is 0 Å². The molecule has 0 aromatic heterocycles. The highest BCUT2D eigenvalue weighted by atomic mass is 16.2. The highest BCUT2D eigenvalue weighted by Gasteiger charge is 2.34. The number of amides is 1. The summed E-state index contributed by atoms with van der Waals surface area (Å²) in [5.41, 5.74) is 6.84. The Morgan fingerprint density at radius 3 is 2.76 bits per heavy atom. The molecule has 1 fully saturated rings. The van der Waals surface area contributed by atoms with Crippen LogP contribution in [-0.4, -0.2) is 23.9 Å². The molecule has 0 radical (unpaired) electrons. The number of nitrogens with zero attached hydrogens (tertiary/aromatic N) is 1. The predicted octanol–water partition coefficient (Wildman–Crippen LogP) is 1.63. The van der Waals surface area contributed by atoms with Gasteiger partial charge < -0.3 is 10.6 Å². The molecule has 1 aliphatic heterocycles. The maximum Gasteiger partial charge on any atom is 0.226 e. The smallest absolute Gasteiger partial charge is 0.226 e. The molecule has 1 aliphatic rings. The summed E-state index contributed by atoms with van der Waals surface area (Å²) in [6.45, 7) is 4.25. The van der Waals surface area contributed by atoms with Crippen LogP contribution in [0.25, 0.3) is 0 Å². The van der Waals surface area contributed by atoms with Crippen LogP contribution in [0.3, 0.4) is 0 Å². The molecule has 17 heavy (non-hydrogen) atoms. The molecule has 0 saturated carbocycles. The molecule has 2 rings (SSSR count). The zero-order chi connectivity index (χ0) is 12.3. The van der Waals surface area contributed by atoms with Crippen LogP contribution in [0.2, 0.25) is 0 Å². The fraction of sp³-hybridized carbons (Fsp3) is 0.500. The van der Waals surface area contributed by atoms with Crippen molar-refractivity contribution in [1.29, 1.82) is 0 Å². The lowest BCUT2D eigenvalue weighted by molar-refractivity contribution is -0.132. The molecule has 0 bridgehead atoms. The Morgan fingerprint density at radius 1 is 1.41 bits per heavy atom.